The van der Waals surface area contributed by atoms with Gasteiger partial charge < -0.3 is 10.6 Å². The van der Waals surface area contributed by atoms with Gasteiger partial charge in [0.25, 0.3) is 0 Å². The van der Waals surface area contributed by atoms with Crippen LogP contribution in [0.5, 0.6) is 0 Å². The van der Waals surface area contributed by atoms with E-state index < -0.39 is 0 Å². The molecule has 1 aliphatic carbocycles. The third kappa shape index (κ3) is 5.62. The molecule has 0 spiro atoms. The Bertz CT molecular complexity index is 1060. The maximum absolute atomic E-state index is 12.4. The van der Waals surface area contributed by atoms with Gasteiger partial charge in [0.2, 0.25) is 5.91 Å². The summed E-state index contributed by atoms with van der Waals surface area (Å²) in [6.45, 7) is 1.50. The Morgan fingerprint density at radius 3 is 2.66 bits per heavy atom. The number of nitrogens with one attached hydrogen (secondary N) is 2. The summed E-state index contributed by atoms with van der Waals surface area (Å²) in [5.74, 6) is 1.31. The first-order chi connectivity index (χ1) is 15.6. The highest BCUT2D eigenvalue weighted by Crippen LogP contribution is 2.30. The van der Waals surface area contributed by atoms with Gasteiger partial charge in [-0.1, -0.05) is 55.5 Å². The standard InChI is InChI=1S/C24H29BrClN5O/c25-19-16-29-31-22(15-21(30-23(19)31)18-11-5-6-12-20(18)26)27-13-7-8-14-28-24(32)17-9-3-1-2-4-10-17/h5-6,11-12,15-17,27H,1-4,7-10,13-14H2,(H,28,32). The quantitative estimate of drug-likeness (QED) is 0.280. The minimum Gasteiger partial charge on any atom is -0.370 e. The molecule has 1 aliphatic rings. The number of aromatic nitrogens is 3. The summed E-state index contributed by atoms with van der Waals surface area (Å²) in [4.78, 5) is 17.1. The number of rotatable bonds is 8. The first-order valence-corrected chi connectivity index (χ1v) is 12.6. The average molecular weight is 519 g/mol. The zero-order chi connectivity index (χ0) is 22.3. The third-order valence-corrected chi connectivity index (χ3v) is 6.90. The van der Waals surface area contributed by atoms with Crippen LogP contribution in [0.2, 0.25) is 5.02 Å². The minimum atomic E-state index is 0.210. The summed E-state index contributed by atoms with van der Waals surface area (Å²) < 4.78 is 2.62. The predicted octanol–water partition coefficient (Wildman–Crippen LogP) is 6.09. The molecule has 1 amide bonds. The number of nitrogens with zero attached hydrogens (tertiary/aromatic N) is 3. The van der Waals surface area contributed by atoms with Crippen LogP contribution in [0.25, 0.3) is 16.9 Å². The zero-order valence-corrected chi connectivity index (χ0v) is 20.5. The van der Waals surface area contributed by atoms with Crippen LogP contribution in [0.1, 0.15) is 51.4 Å². The SMILES string of the molecule is O=C(NCCCCNc1cc(-c2ccccc2Cl)nc2c(Br)cnn12)C1CCCCCC1. The average Bonchev–Trinajstić information content (AvgIpc) is 3.00. The second-order valence-corrected chi connectivity index (χ2v) is 9.61. The van der Waals surface area contributed by atoms with E-state index in [1.165, 1.54) is 25.7 Å². The summed E-state index contributed by atoms with van der Waals surface area (Å²) in [5.41, 5.74) is 2.41. The smallest absolute Gasteiger partial charge is 0.223 e. The van der Waals surface area contributed by atoms with E-state index in [0.717, 1.165) is 66.0 Å². The number of anilines is 1. The van der Waals surface area contributed by atoms with E-state index in [0.29, 0.717) is 5.02 Å². The van der Waals surface area contributed by atoms with Gasteiger partial charge in [-0.25, -0.2) is 4.98 Å². The number of unbranched alkanes of at least 4 members (excludes halogenated alkanes) is 1. The van der Waals surface area contributed by atoms with Crippen LogP contribution in [0.3, 0.4) is 0 Å². The topological polar surface area (TPSA) is 71.3 Å². The van der Waals surface area contributed by atoms with Crippen molar-refractivity contribution in [3.05, 3.63) is 46.0 Å². The van der Waals surface area contributed by atoms with E-state index >= 15 is 0 Å². The third-order valence-electron chi connectivity index (χ3n) is 6.01. The van der Waals surface area contributed by atoms with E-state index in [9.17, 15) is 4.79 Å². The van der Waals surface area contributed by atoms with Gasteiger partial charge in [-0.3, -0.25) is 4.79 Å². The Hall–Kier alpha value is -2.12. The van der Waals surface area contributed by atoms with Crippen molar-refractivity contribution in [3.8, 4) is 11.3 Å². The highest BCUT2D eigenvalue weighted by atomic mass is 79.9. The second-order valence-electron chi connectivity index (χ2n) is 8.35. The van der Waals surface area contributed by atoms with Crippen LogP contribution in [0, 0.1) is 5.92 Å². The van der Waals surface area contributed by atoms with Crippen molar-refractivity contribution in [2.24, 2.45) is 5.92 Å². The van der Waals surface area contributed by atoms with Gasteiger partial charge in [0.1, 0.15) is 5.82 Å². The Labute approximate surface area is 202 Å². The predicted molar refractivity (Wildman–Crippen MR) is 133 cm³/mol. The van der Waals surface area contributed by atoms with Gasteiger partial charge in [0.15, 0.2) is 5.65 Å². The lowest BCUT2D eigenvalue weighted by Gasteiger charge is -2.14. The number of carbonyl (C=O) groups is 1. The van der Waals surface area contributed by atoms with Crippen LogP contribution >= 0.6 is 27.5 Å². The molecule has 1 saturated carbocycles. The van der Waals surface area contributed by atoms with Crippen LogP contribution in [0.15, 0.2) is 41.0 Å². The maximum Gasteiger partial charge on any atom is 0.223 e. The fourth-order valence-corrected chi connectivity index (χ4v) is 4.81. The van der Waals surface area contributed by atoms with Crippen molar-refractivity contribution < 1.29 is 4.79 Å². The number of benzene rings is 1. The summed E-state index contributed by atoms with van der Waals surface area (Å²) in [5, 5.41) is 11.7. The number of hydrogen-bond acceptors (Lipinski definition) is 4. The van der Waals surface area contributed by atoms with Crippen LogP contribution < -0.4 is 10.6 Å². The second kappa shape index (κ2) is 11.1. The fraction of sp³-hybridized carbons (Fsp3) is 0.458. The van der Waals surface area contributed by atoms with Crippen molar-refractivity contribution >= 4 is 44.9 Å². The molecule has 2 N–H and O–H groups in total. The lowest BCUT2D eigenvalue weighted by molar-refractivity contribution is -0.125. The van der Waals surface area contributed by atoms with E-state index in [1.54, 1.807) is 10.7 Å². The van der Waals surface area contributed by atoms with E-state index in [-0.39, 0.29) is 11.8 Å². The molecule has 0 aliphatic heterocycles. The number of carbonyl (C=O) groups excluding carboxylic acids is 1. The molecule has 6 nitrogen and oxygen atoms in total. The molecule has 32 heavy (non-hydrogen) atoms. The largest absolute Gasteiger partial charge is 0.370 e. The highest BCUT2D eigenvalue weighted by Gasteiger charge is 2.19. The first kappa shape index (κ1) is 23.1. The van der Waals surface area contributed by atoms with Gasteiger partial charge >= 0.3 is 0 Å². The van der Waals surface area contributed by atoms with Gasteiger partial charge in [-0.2, -0.15) is 9.61 Å². The van der Waals surface area contributed by atoms with Crippen molar-refractivity contribution in [1.29, 1.82) is 0 Å². The molecule has 3 aromatic rings. The molecule has 0 saturated heterocycles. The van der Waals surface area contributed by atoms with Gasteiger partial charge in [0.05, 0.1) is 16.4 Å². The molecule has 1 aromatic carbocycles. The molecular weight excluding hydrogens is 490 g/mol. The first-order valence-electron chi connectivity index (χ1n) is 11.4. The fourth-order valence-electron chi connectivity index (χ4n) is 4.23. The number of hydrogen-bond donors (Lipinski definition) is 2. The molecule has 0 unspecified atom stereocenters. The Morgan fingerprint density at radius 1 is 1.12 bits per heavy atom. The summed E-state index contributed by atoms with van der Waals surface area (Å²) in [6, 6.07) is 9.67. The Morgan fingerprint density at radius 2 is 1.88 bits per heavy atom. The van der Waals surface area contributed by atoms with Gasteiger partial charge in [-0.05, 0) is 47.7 Å². The molecule has 4 rings (SSSR count). The molecule has 0 bridgehead atoms. The van der Waals surface area contributed by atoms with E-state index in [1.807, 2.05) is 30.3 Å². The monoisotopic (exact) mass is 517 g/mol. The summed E-state index contributed by atoms with van der Waals surface area (Å²) in [7, 11) is 0. The molecule has 0 radical (unpaired) electrons. The summed E-state index contributed by atoms with van der Waals surface area (Å²) >= 11 is 9.93. The van der Waals surface area contributed by atoms with Crippen molar-refractivity contribution in [2.75, 3.05) is 18.4 Å². The van der Waals surface area contributed by atoms with Crippen molar-refractivity contribution in [2.45, 2.75) is 51.4 Å². The highest BCUT2D eigenvalue weighted by molar-refractivity contribution is 9.10. The number of amides is 1. The normalized spacial score (nSPS) is 14.9. The van der Waals surface area contributed by atoms with Gasteiger partial charge in [0, 0.05) is 35.7 Å². The minimum absolute atomic E-state index is 0.210. The Balaban J connectivity index is 1.33. The molecular formula is C24H29BrClN5O. The Kier molecular flexibility index (Phi) is 8.03. The maximum atomic E-state index is 12.4. The van der Waals surface area contributed by atoms with Crippen molar-refractivity contribution in [3.63, 3.8) is 0 Å². The van der Waals surface area contributed by atoms with Crippen molar-refractivity contribution in [1.82, 2.24) is 19.9 Å². The number of halogens is 2. The molecule has 1 fully saturated rings. The summed E-state index contributed by atoms with van der Waals surface area (Å²) in [6.07, 6.45) is 10.6. The molecule has 2 aromatic heterocycles. The molecule has 8 heteroatoms. The number of fused-ring (bicyclic) bond motifs is 1. The molecule has 0 atom stereocenters. The van der Waals surface area contributed by atoms with Gasteiger partial charge in [-0.15, -0.1) is 0 Å². The van der Waals surface area contributed by atoms with E-state index in [4.69, 9.17) is 16.6 Å². The van der Waals surface area contributed by atoms with E-state index in [2.05, 4.69) is 31.7 Å². The van der Waals surface area contributed by atoms with Crippen LogP contribution in [-0.4, -0.2) is 33.6 Å². The molecule has 2 heterocycles. The lowest BCUT2D eigenvalue weighted by Crippen LogP contribution is -2.31. The lowest BCUT2D eigenvalue weighted by atomic mass is 9.99. The molecule has 170 valence electrons. The zero-order valence-electron chi connectivity index (χ0n) is 18.1. The van der Waals surface area contributed by atoms with Crippen LogP contribution in [-0.2, 0) is 4.79 Å². The van der Waals surface area contributed by atoms with Crippen LogP contribution in [0.4, 0.5) is 5.82 Å².